The average molecular weight is 281 g/mol. The number of rotatable bonds is 5. The molecule has 100 valence electrons. The van der Waals surface area contributed by atoms with Gasteiger partial charge in [-0.25, -0.2) is 14.8 Å². The van der Waals surface area contributed by atoms with Crippen LogP contribution in [0.4, 0.5) is 5.82 Å². The minimum Gasteiger partial charge on any atom is -0.478 e. The zero-order valence-electron chi connectivity index (χ0n) is 10.3. The Morgan fingerprint density at radius 3 is 2.89 bits per heavy atom. The van der Waals surface area contributed by atoms with Gasteiger partial charge in [0.15, 0.2) is 0 Å². The summed E-state index contributed by atoms with van der Waals surface area (Å²) in [6.07, 6.45) is 5.62. The van der Waals surface area contributed by atoms with Gasteiger partial charge >= 0.3 is 5.97 Å². The number of carboxylic acid groups (broad SMARTS) is 1. The van der Waals surface area contributed by atoms with Gasteiger partial charge in [0.25, 0.3) is 0 Å². The highest BCUT2D eigenvalue weighted by atomic mass is 35.5. The van der Waals surface area contributed by atoms with Crippen LogP contribution < -0.4 is 5.32 Å². The maximum absolute atomic E-state index is 10.7. The minimum absolute atomic E-state index is 0.0691. The summed E-state index contributed by atoms with van der Waals surface area (Å²) in [5.41, 5.74) is 0.0691. The zero-order chi connectivity index (χ0) is 13.8. The molecule has 0 radical (unpaired) electrons. The van der Waals surface area contributed by atoms with Gasteiger partial charge in [0.05, 0.1) is 10.6 Å². The molecule has 7 heteroatoms. The van der Waals surface area contributed by atoms with Crippen molar-refractivity contribution in [3.8, 4) is 0 Å². The van der Waals surface area contributed by atoms with Gasteiger partial charge in [-0.3, -0.25) is 0 Å². The smallest absolute Gasteiger partial charge is 0.337 e. The maximum atomic E-state index is 10.7. The van der Waals surface area contributed by atoms with E-state index in [1.165, 1.54) is 12.3 Å². The summed E-state index contributed by atoms with van der Waals surface area (Å²) in [5.74, 6) is 0.376. The Labute approximate surface area is 115 Å². The van der Waals surface area contributed by atoms with Crippen LogP contribution in [0.15, 0.2) is 24.7 Å². The fraction of sp³-hybridized carbons (Fsp3) is 0.250. The standard InChI is InChI=1S/C12H13ClN4O2/c1-17-5-4-14-10(17)2-3-15-11-9(13)6-8(7-16-11)12(18)19/h4-7H,2-3H2,1H3,(H,15,16)(H,18,19). The average Bonchev–Trinajstić information content (AvgIpc) is 2.77. The number of halogens is 1. The van der Waals surface area contributed by atoms with E-state index in [-0.39, 0.29) is 5.56 Å². The van der Waals surface area contributed by atoms with Gasteiger partial charge in [-0.1, -0.05) is 11.6 Å². The van der Waals surface area contributed by atoms with Crippen LogP contribution in [0.2, 0.25) is 5.02 Å². The zero-order valence-corrected chi connectivity index (χ0v) is 11.1. The lowest BCUT2D eigenvalue weighted by Gasteiger charge is -2.07. The van der Waals surface area contributed by atoms with E-state index in [1.54, 1.807) is 6.20 Å². The van der Waals surface area contributed by atoms with Gasteiger partial charge in [-0.05, 0) is 6.07 Å². The van der Waals surface area contributed by atoms with Gasteiger partial charge < -0.3 is 15.0 Å². The number of pyridine rings is 1. The molecule has 0 atom stereocenters. The minimum atomic E-state index is -1.05. The molecule has 0 fully saturated rings. The van der Waals surface area contributed by atoms with E-state index < -0.39 is 5.97 Å². The number of imidazole rings is 1. The summed E-state index contributed by atoms with van der Waals surface area (Å²) in [7, 11) is 1.93. The number of carboxylic acids is 1. The number of hydrogen-bond donors (Lipinski definition) is 2. The number of hydrogen-bond acceptors (Lipinski definition) is 4. The highest BCUT2D eigenvalue weighted by Gasteiger charge is 2.08. The third-order valence-electron chi connectivity index (χ3n) is 2.65. The van der Waals surface area contributed by atoms with E-state index in [0.29, 0.717) is 17.4 Å². The quantitative estimate of drug-likeness (QED) is 0.873. The van der Waals surface area contributed by atoms with E-state index in [9.17, 15) is 4.79 Å². The summed E-state index contributed by atoms with van der Waals surface area (Å²) >= 11 is 5.96. The normalized spacial score (nSPS) is 10.4. The molecule has 2 rings (SSSR count). The molecule has 19 heavy (non-hydrogen) atoms. The van der Waals surface area contributed by atoms with Crippen LogP contribution in [-0.4, -0.2) is 32.2 Å². The first kappa shape index (κ1) is 13.4. The van der Waals surface area contributed by atoms with E-state index >= 15 is 0 Å². The van der Waals surface area contributed by atoms with Crippen LogP contribution in [0.5, 0.6) is 0 Å². The number of carbonyl (C=O) groups is 1. The number of nitrogens with one attached hydrogen (secondary N) is 1. The van der Waals surface area contributed by atoms with E-state index in [0.717, 1.165) is 12.2 Å². The van der Waals surface area contributed by atoms with Crippen molar-refractivity contribution >= 4 is 23.4 Å². The monoisotopic (exact) mass is 280 g/mol. The van der Waals surface area contributed by atoms with Gasteiger partial charge in [-0.2, -0.15) is 0 Å². The Hall–Kier alpha value is -2.08. The topological polar surface area (TPSA) is 80.0 Å². The van der Waals surface area contributed by atoms with Crippen LogP contribution in [-0.2, 0) is 13.5 Å². The SMILES string of the molecule is Cn1ccnc1CCNc1ncc(C(=O)O)cc1Cl. The molecule has 0 bridgehead atoms. The largest absolute Gasteiger partial charge is 0.478 e. The van der Waals surface area contributed by atoms with Crippen molar-refractivity contribution in [2.45, 2.75) is 6.42 Å². The first-order valence-electron chi connectivity index (χ1n) is 5.67. The van der Waals surface area contributed by atoms with Crippen LogP contribution >= 0.6 is 11.6 Å². The predicted molar refractivity (Wildman–Crippen MR) is 71.6 cm³/mol. The lowest BCUT2D eigenvalue weighted by Crippen LogP contribution is -2.10. The molecule has 0 aliphatic carbocycles. The highest BCUT2D eigenvalue weighted by molar-refractivity contribution is 6.33. The van der Waals surface area contributed by atoms with E-state index in [1.807, 2.05) is 17.8 Å². The second kappa shape index (κ2) is 5.71. The van der Waals surface area contributed by atoms with Crippen molar-refractivity contribution in [2.24, 2.45) is 7.05 Å². The molecule has 0 saturated carbocycles. The second-order valence-corrected chi connectivity index (χ2v) is 4.40. The van der Waals surface area contributed by atoms with Crippen molar-refractivity contribution in [2.75, 3.05) is 11.9 Å². The van der Waals surface area contributed by atoms with Crippen LogP contribution in [0.3, 0.4) is 0 Å². The Morgan fingerprint density at radius 2 is 2.32 bits per heavy atom. The molecule has 2 N–H and O–H groups in total. The van der Waals surface area contributed by atoms with Crippen molar-refractivity contribution in [1.29, 1.82) is 0 Å². The summed E-state index contributed by atoms with van der Waals surface area (Å²) in [6, 6.07) is 1.37. The Kier molecular flexibility index (Phi) is 4.01. The summed E-state index contributed by atoms with van der Waals surface area (Å²) in [5, 5.41) is 12.1. The van der Waals surface area contributed by atoms with Gasteiger partial charge in [0.2, 0.25) is 0 Å². The summed E-state index contributed by atoms with van der Waals surface area (Å²) in [6.45, 7) is 0.615. The van der Waals surface area contributed by atoms with Crippen LogP contribution in [0.25, 0.3) is 0 Å². The van der Waals surface area contributed by atoms with E-state index in [2.05, 4.69) is 15.3 Å². The third kappa shape index (κ3) is 3.23. The molecular weight excluding hydrogens is 268 g/mol. The van der Waals surface area contributed by atoms with Gasteiger partial charge in [0, 0.05) is 38.6 Å². The molecule has 0 unspecified atom stereocenters. The Bertz CT molecular complexity index is 597. The lowest BCUT2D eigenvalue weighted by atomic mass is 10.3. The fourth-order valence-corrected chi connectivity index (χ4v) is 1.85. The molecule has 2 aromatic rings. The molecule has 0 spiro atoms. The number of aryl methyl sites for hydroxylation is 1. The predicted octanol–water partition coefficient (Wildman–Crippen LogP) is 1.82. The number of aromatic nitrogens is 3. The number of aromatic carboxylic acids is 1. The van der Waals surface area contributed by atoms with Crippen LogP contribution in [0.1, 0.15) is 16.2 Å². The summed E-state index contributed by atoms with van der Waals surface area (Å²) in [4.78, 5) is 18.9. The van der Waals surface area contributed by atoms with Crippen molar-refractivity contribution in [3.05, 3.63) is 41.1 Å². The second-order valence-electron chi connectivity index (χ2n) is 3.99. The molecule has 2 heterocycles. The molecule has 2 aromatic heterocycles. The van der Waals surface area contributed by atoms with E-state index in [4.69, 9.17) is 16.7 Å². The highest BCUT2D eigenvalue weighted by Crippen LogP contribution is 2.19. The van der Waals surface area contributed by atoms with Crippen molar-refractivity contribution < 1.29 is 9.90 Å². The maximum Gasteiger partial charge on any atom is 0.337 e. The molecule has 6 nitrogen and oxygen atoms in total. The number of anilines is 1. The van der Waals surface area contributed by atoms with Gasteiger partial charge in [0.1, 0.15) is 11.6 Å². The van der Waals surface area contributed by atoms with Gasteiger partial charge in [-0.15, -0.1) is 0 Å². The van der Waals surface area contributed by atoms with Crippen molar-refractivity contribution in [3.63, 3.8) is 0 Å². The lowest BCUT2D eigenvalue weighted by molar-refractivity contribution is 0.0696. The van der Waals surface area contributed by atoms with Crippen molar-refractivity contribution in [1.82, 2.24) is 14.5 Å². The first-order chi connectivity index (χ1) is 9.08. The Morgan fingerprint density at radius 1 is 1.53 bits per heavy atom. The third-order valence-corrected chi connectivity index (χ3v) is 2.94. The summed E-state index contributed by atoms with van der Waals surface area (Å²) < 4.78 is 1.93. The molecule has 0 aliphatic rings. The first-order valence-corrected chi connectivity index (χ1v) is 6.04. The van der Waals surface area contributed by atoms with Crippen LogP contribution in [0, 0.1) is 0 Å². The number of nitrogens with zero attached hydrogens (tertiary/aromatic N) is 3. The molecule has 0 aromatic carbocycles. The fourth-order valence-electron chi connectivity index (χ4n) is 1.62. The Balaban J connectivity index is 1.96. The molecular formula is C12H13ClN4O2. The molecule has 0 amide bonds. The molecule has 0 saturated heterocycles. The molecule has 0 aliphatic heterocycles.